The first-order valence-electron chi connectivity index (χ1n) is 9.46. The van der Waals surface area contributed by atoms with Gasteiger partial charge in [-0.2, -0.15) is 0 Å². The van der Waals surface area contributed by atoms with E-state index in [0.717, 1.165) is 18.4 Å². The lowest BCUT2D eigenvalue weighted by molar-refractivity contribution is -0.143. The lowest BCUT2D eigenvalue weighted by Crippen LogP contribution is -2.45. The van der Waals surface area contributed by atoms with Gasteiger partial charge in [-0.05, 0) is 36.9 Å². The zero-order valence-electron chi connectivity index (χ0n) is 15.5. The minimum atomic E-state index is -0.834. The summed E-state index contributed by atoms with van der Waals surface area (Å²) in [6, 6.07) is 19.5. The molecule has 0 aliphatic carbocycles. The van der Waals surface area contributed by atoms with Gasteiger partial charge in [0.25, 0.3) is 0 Å². The van der Waals surface area contributed by atoms with E-state index in [1.54, 1.807) is 4.90 Å². The van der Waals surface area contributed by atoms with E-state index in [-0.39, 0.29) is 12.5 Å². The zero-order valence-corrected chi connectivity index (χ0v) is 15.5. The molecule has 1 aliphatic heterocycles. The number of rotatable bonds is 8. The number of carboxylic acid groups (broad SMARTS) is 1. The molecule has 1 atom stereocenters. The van der Waals surface area contributed by atoms with Crippen molar-refractivity contribution >= 4 is 11.9 Å². The van der Waals surface area contributed by atoms with Crippen molar-refractivity contribution in [3.8, 4) is 0 Å². The highest BCUT2D eigenvalue weighted by Gasteiger charge is 2.32. The second-order valence-corrected chi connectivity index (χ2v) is 7.00. The summed E-state index contributed by atoms with van der Waals surface area (Å²) in [5, 5.41) is 9.36. The lowest BCUT2D eigenvalue weighted by atomic mass is 10.1. The van der Waals surface area contributed by atoms with E-state index in [4.69, 9.17) is 0 Å². The van der Waals surface area contributed by atoms with Crippen LogP contribution < -0.4 is 0 Å². The Morgan fingerprint density at radius 1 is 1.00 bits per heavy atom. The highest BCUT2D eigenvalue weighted by Crippen LogP contribution is 2.18. The summed E-state index contributed by atoms with van der Waals surface area (Å²) in [7, 11) is 0. The van der Waals surface area contributed by atoms with E-state index in [1.807, 2.05) is 53.4 Å². The predicted octanol–water partition coefficient (Wildman–Crippen LogP) is 2.81. The molecular weight excluding hydrogens is 340 g/mol. The molecule has 3 rings (SSSR count). The molecule has 1 fully saturated rings. The normalized spacial score (nSPS) is 17.0. The number of nitrogens with zero attached hydrogens (tertiary/aromatic N) is 2. The van der Waals surface area contributed by atoms with Gasteiger partial charge in [0.15, 0.2) is 0 Å². The summed E-state index contributed by atoms with van der Waals surface area (Å²) >= 11 is 0. The van der Waals surface area contributed by atoms with Crippen LogP contribution in [0.25, 0.3) is 0 Å². The third-order valence-corrected chi connectivity index (χ3v) is 5.07. The molecule has 1 saturated heterocycles. The minimum absolute atomic E-state index is 0.0112. The van der Waals surface area contributed by atoms with Gasteiger partial charge in [-0.15, -0.1) is 0 Å². The van der Waals surface area contributed by atoms with Crippen LogP contribution in [-0.2, 0) is 22.6 Å². The highest BCUT2D eigenvalue weighted by atomic mass is 16.4. The molecule has 0 spiro atoms. The van der Waals surface area contributed by atoms with E-state index in [9.17, 15) is 14.7 Å². The maximum Gasteiger partial charge on any atom is 0.320 e. The number of amides is 1. The molecule has 0 unspecified atom stereocenters. The van der Waals surface area contributed by atoms with Crippen molar-refractivity contribution < 1.29 is 14.7 Å². The molecule has 0 aromatic heterocycles. The molecule has 1 N–H and O–H groups in total. The molecule has 27 heavy (non-hydrogen) atoms. The van der Waals surface area contributed by atoms with Crippen molar-refractivity contribution in [3.05, 3.63) is 71.8 Å². The molecule has 0 radical (unpaired) electrons. The zero-order chi connectivity index (χ0) is 19.1. The topological polar surface area (TPSA) is 60.9 Å². The van der Waals surface area contributed by atoms with Crippen LogP contribution in [0.1, 0.15) is 24.0 Å². The molecule has 0 saturated carbocycles. The molecule has 0 bridgehead atoms. The monoisotopic (exact) mass is 366 g/mol. The summed E-state index contributed by atoms with van der Waals surface area (Å²) in [5.74, 6) is -0.845. The third kappa shape index (κ3) is 5.41. The lowest BCUT2D eigenvalue weighted by Gasteiger charge is -2.27. The summed E-state index contributed by atoms with van der Waals surface area (Å²) < 4.78 is 0. The Morgan fingerprint density at radius 2 is 1.63 bits per heavy atom. The Kier molecular flexibility index (Phi) is 6.60. The van der Waals surface area contributed by atoms with E-state index in [0.29, 0.717) is 26.1 Å². The van der Waals surface area contributed by atoms with Crippen LogP contribution in [0.2, 0.25) is 0 Å². The molecule has 1 heterocycles. The Bertz CT molecular complexity index is 749. The SMILES string of the molecule is O=C(O)[C@@H]1CCCN1CC(=O)N(CCc1ccccc1)Cc1ccccc1. The Balaban J connectivity index is 1.67. The van der Waals surface area contributed by atoms with E-state index in [2.05, 4.69) is 12.1 Å². The Labute approximate surface area is 160 Å². The van der Waals surface area contributed by atoms with Gasteiger partial charge in [0.1, 0.15) is 6.04 Å². The number of benzene rings is 2. The first-order valence-corrected chi connectivity index (χ1v) is 9.46. The highest BCUT2D eigenvalue weighted by molar-refractivity contribution is 5.80. The molecule has 1 aliphatic rings. The summed E-state index contributed by atoms with van der Waals surface area (Å²) in [6.45, 7) is 1.99. The van der Waals surface area contributed by atoms with Crippen LogP contribution in [-0.4, -0.2) is 52.5 Å². The van der Waals surface area contributed by atoms with Crippen LogP contribution >= 0.6 is 0 Å². The average molecular weight is 366 g/mol. The van der Waals surface area contributed by atoms with Crippen LogP contribution in [0.4, 0.5) is 0 Å². The quantitative estimate of drug-likeness (QED) is 0.780. The summed E-state index contributed by atoms with van der Waals surface area (Å²) in [5.41, 5.74) is 2.27. The number of carboxylic acids is 1. The van der Waals surface area contributed by atoms with Crippen molar-refractivity contribution in [2.75, 3.05) is 19.6 Å². The number of likely N-dealkylation sites (tertiary alicyclic amines) is 1. The summed E-state index contributed by atoms with van der Waals surface area (Å²) in [6.07, 6.45) is 2.22. The number of hydrogen-bond donors (Lipinski definition) is 1. The minimum Gasteiger partial charge on any atom is -0.480 e. The maximum absolute atomic E-state index is 13.0. The molecule has 2 aromatic rings. The van der Waals surface area contributed by atoms with Crippen molar-refractivity contribution in [1.29, 1.82) is 0 Å². The van der Waals surface area contributed by atoms with Crippen LogP contribution in [0, 0.1) is 0 Å². The first-order chi connectivity index (χ1) is 13.1. The molecule has 5 heteroatoms. The smallest absolute Gasteiger partial charge is 0.320 e. The standard InChI is InChI=1S/C22H26N2O3/c25-21(17-23-14-7-12-20(23)22(26)27)24(16-19-10-5-2-6-11-19)15-13-18-8-3-1-4-9-18/h1-6,8-11,20H,7,12-17H2,(H,26,27)/t20-/m0/s1. The van der Waals surface area contributed by atoms with Crippen molar-refractivity contribution in [2.24, 2.45) is 0 Å². The summed E-state index contributed by atoms with van der Waals surface area (Å²) in [4.78, 5) is 28.0. The number of aliphatic carboxylic acids is 1. The van der Waals surface area contributed by atoms with E-state index in [1.165, 1.54) is 5.56 Å². The molecular formula is C22H26N2O3. The van der Waals surface area contributed by atoms with E-state index < -0.39 is 12.0 Å². The fraction of sp³-hybridized carbons (Fsp3) is 0.364. The van der Waals surface area contributed by atoms with Crippen molar-refractivity contribution in [2.45, 2.75) is 31.8 Å². The van der Waals surface area contributed by atoms with Gasteiger partial charge in [0.2, 0.25) is 5.91 Å². The number of hydrogen-bond acceptors (Lipinski definition) is 3. The Morgan fingerprint density at radius 3 is 2.26 bits per heavy atom. The van der Waals surface area contributed by atoms with Crippen molar-refractivity contribution in [1.82, 2.24) is 9.80 Å². The van der Waals surface area contributed by atoms with Gasteiger partial charge >= 0.3 is 5.97 Å². The second-order valence-electron chi connectivity index (χ2n) is 7.00. The number of carbonyl (C=O) groups is 2. The van der Waals surface area contributed by atoms with Crippen LogP contribution in [0.5, 0.6) is 0 Å². The number of carbonyl (C=O) groups excluding carboxylic acids is 1. The predicted molar refractivity (Wildman–Crippen MR) is 104 cm³/mol. The molecule has 1 amide bonds. The first kappa shape index (κ1) is 19.1. The van der Waals surface area contributed by atoms with Crippen LogP contribution in [0.3, 0.4) is 0 Å². The molecule has 2 aromatic carbocycles. The third-order valence-electron chi connectivity index (χ3n) is 5.07. The van der Waals surface area contributed by atoms with Gasteiger partial charge in [0.05, 0.1) is 6.54 Å². The van der Waals surface area contributed by atoms with Gasteiger partial charge in [0, 0.05) is 13.1 Å². The van der Waals surface area contributed by atoms with Gasteiger partial charge in [-0.1, -0.05) is 60.7 Å². The van der Waals surface area contributed by atoms with Gasteiger partial charge in [-0.25, -0.2) is 0 Å². The van der Waals surface area contributed by atoms with Crippen LogP contribution in [0.15, 0.2) is 60.7 Å². The second kappa shape index (κ2) is 9.33. The molecule has 142 valence electrons. The van der Waals surface area contributed by atoms with E-state index >= 15 is 0 Å². The molecule has 5 nitrogen and oxygen atoms in total. The van der Waals surface area contributed by atoms with Gasteiger partial charge in [-0.3, -0.25) is 14.5 Å². The van der Waals surface area contributed by atoms with Gasteiger partial charge < -0.3 is 10.0 Å². The average Bonchev–Trinajstić information content (AvgIpc) is 3.15. The largest absolute Gasteiger partial charge is 0.480 e. The van der Waals surface area contributed by atoms with Crippen molar-refractivity contribution in [3.63, 3.8) is 0 Å². The maximum atomic E-state index is 13.0. The Hall–Kier alpha value is -2.66. The fourth-order valence-corrected chi connectivity index (χ4v) is 3.57. The fourth-order valence-electron chi connectivity index (χ4n) is 3.57.